The van der Waals surface area contributed by atoms with Gasteiger partial charge in [0.1, 0.15) is 5.52 Å². The lowest BCUT2D eigenvalue weighted by Gasteiger charge is -2.22. The number of benzene rings is 1. The minimum absolute atomic E-state index is 0.0336. The first kappa shape index (κ1) is 10.9. The van der Waals surface area contributed by atoms with Gasteiger partial charge in [0.15, 0.2) is 0 Å². The van der Waals surface area contributed by atoms with E-state index in [9.17, 15) is 10.1 Å². The third-order valence-electron chi connectivity index (χ3n) is 3.11. The lowest BCUT2D eigenvalue weighted by Crippen LogP contribution is -2.07. The van der Waals surface area contributed by atoms with E-state index in [0.717, 1.165) is 9.71 Å². The van der Waals surface area contributed by atoms with Gasteiger partial charge in [-0.3, -0.25) is 10.1 Å². The number of thiazole rings is 1. The molecule has 0 unspecified atom stereocenters. The summed E-state index contributed by atoms with van der Waals surface area (Å²) in [5.41, 5.74) is 0.732. The number of halogens is 1. The van der Waals surface area contributed by atoms with Crippen molar-refractivity contribution >= 4 is 38.8 Å². The van der Waals surface area contributed by atoms with Crippen LogP contribution in [0.3, 0.4) is 0 Å². The Morgan fingerprint density at radius 2 is 2.24 bits per heavy atom. The van der Waals surface area contributed by atoms with Crippen molar-refractivity contribution in [2.24, 2.45) is 0 Å². The van der Waals surface area contributed by atoms with Gasteiger partial charge in [0.05, 0.1) is 19.7 Å². The van der Waals surface area contributed by atoms with Crippen LogP contribution in [-0.4, -0.2) is 9.91 Å². The first-order valence-electron chi connectivity index (χ1n) is 5.39. The number of non-ortho nitro benzene ring substituents is 1. The molecular weight excluding hydrogens is 260 g/mol. The maximum Gasteiger partial charge on any atom is 0.272 e. The number of hydrogen-bond donors (Lipinski definition) is 0. The molecule has 0 radical (unpaired) electrons. The molecule has 0 aliphatic heterocycles. The minimum atomic E-state index is -0.423. The van der Waals surface area contributed by atoms with Crippen LogP contribution in [0.2, 0.25) is 5.02 Å². The fourth-order valence-corrected chi connectivity index (χ4v) is 3.44. The van der Waals surface area contributed by atoms with Crippen molar-refractivity contribution in [3.8, 4) is 0 Å². The van der Waals surface area contributed by atoms with Crippen LogP contribution < -0.4 is 0 Å². The van der Waals surface area contributed by atoms with E-state index in [0.29, 0.717) is 16.5 Å². The van der Waals surface area contributed by atoms with Crippen LogP contribution in [-0.2, 0) is 0 Å². The Balaban J connectivity index is 2.14. The van der Waals surface area contributed by atoms with E-state index in [4.69, 9.17) is 11.6 Å². The van der Waals surface area contributed by atoms with E-state index >= 15 is 0 Å². The zero-order chi connectivity index (χ0) is 12.0. The van der Waals surface area contributed by atoms with Crippen molar-refractivity contribution in [2.75, 3.05) is 0 Å². The van der Waals surface area contributed by atoms with Gasteiger partial charge in [-0.05, 0) is 12.8 Å². The SMILES string of the molecule is O=[N+]([O-])c1cc(Cl)c2nc(C3CCC3)sc2c1. The summed E-state index contributed by atoms with van der Waals surface area (Å²) in [5, 5.41) is 12.2. The topological polar surface area (TPSA) is 56.0 Å². The summed E-state index contributed by atoms with van der Waals surface area (Å²) in [6.07, 6.45) is 3.58. The highest BCUT2D eigenvalue weighted by Crippen LogP contribution is 2.41. The summed E-state index contributed by atoms with van der Waals surface area (Å²) in [5.74, 6) is 0.530. The Kier molecular flexibility index (Phi) is 2.52. The highest BCUT2D eigenvalue weighted by atomic mass is 35.5. The third-order valence-corrected chi connectivity index (χ3v) is 4.57. The number of aromatic nitrogens is 1. The zero-order valence-electron chi connectivity index (χ0n) is 8.85. The molecule has 1 aromatic carbocycles. The lowest BCUT2D eigenvalue weighted by molar-refractivity contribution is -0.384. The van der Waals surface area contributed by atoms with Crippen molar-refractivity contribution in [1.82, 2.24) is 4.98 Å². The normalized spacial score (nSPS) is 16.1. The van der Waals surface area contributed by atoms with Gasteiger partial charge in [-0.1, -0.05) is 18.0 Å². The molecule has 88 valence electrons. The molecule has 6 heteroatoms. The number of fused-ring (bicyclic) bond motifs is 1. The molecule has 1 aromatic heterocycles. The molecule has 1 saturated carbocycles. The number of nitrogens with zero attached hydrogens (tertiary/aromatic N) is 2. The average molecular weight is 269 g/mol. The number of nitro benzene ring substituents is 1. The molecule has 1 fully saturated rings. The van der Waals surface area contributed by atoms with Crippen molar-refractivity contribution in [3.63, 3.8) is 0 Å². The van der Waals surface area contributed by atoms with E-state index in [1.807, 2.05) is 0 Å². The Morgan fingerprint density at radius 1 is 1.47 bits per heavy atom. The molecule has 0 saturated heterocycles. The molecule has 0 amide bonds. The van der Waals surface area contributed by atoms with Crippen molar-refractivity contribution in [3.05, 3.63) is 32.3 Å². The Bertz CT molecular complexity index is 607. The largest absolute Gasteiger partial charge is 0.272 e. The first-order valence-corrected chi connectivity index (χ1v) is 6.59. The standard InChI is InChI=1S/C11H9ClN2O2S/c12-8-4-7(14(15)16)5-9-10(8)13-11(17-9)6-2-1-3-6/h4-6H,1-3H2. The van der Waals surface area contributed by atoms with E-state index in [2.05, 4.69) is 4.98 Å². The van der Waals surface area contributed by atoms with Crippen molar-refractivity contribution in [1.29, 1.82) is 0 Å². The zero-order valence-corrected chi connectivity index (χ0v) is 10.4. The molecule has 0 spiro atoms. The third kappa shape index (κ3) is 1.79. The molecule has 1 heterocycles. The molecule has 4 nitrogen and oxygen atoms in total. The summed E-state index contributed by atoms with van der Waals surface area (Å²) in [6, 6.07) is 2.93. The van der Waals surface area contributed by atoms with Gasteiger partial charge in [-0.25, -0.2) is 4.98 Å². The summed E-state index contributed by atoms with van der Waals surface area (Å²) < 4.78 is 0.811. The van der Waals surface area contributed by atoms with Crippen LogP contribution in [0.25, 0.3) is 10.2 Å². The van der Waals surface area contributed by atoms with Crippen LogP contribution >= 0.6 is 22.9 Å². The second kappa shape index (κ2) is 3.92. The second-order valence-corrected chi connectivity index (χ2v) is 5.68. The quantitative estimate of drug-likeness (QED) is 0.608. The van der Waals surface area contributed by atoms with Gasteiger partial charge in [0, 0.05) is 18.1 Å². The van der Waals surface area contributed by atoms with Gasteiger partial charge in [-0.15, -0.1) is 11.3 Å². The molecule has 1 aliphatic carbocycles. The van der Waals surface area contributed by atoms with Crippen LogP contribution in [0.4, 0.5) is 5.69 Å². The van der Waals surface area contributed by atoms with Gasteiger partial charge >= 0.3 is 0 Å². The smallest absolute Gasteiger partial charge is 0.258 e. The highest BCUT2D eigenvalue weighted by molar-refractivity contribution is 7.18. The predicted octanol–water partition coefficient (Wildman–Crippen LogP) is 4.13. The summed E-state index contributed by atoms with van der Waals surface area (Å²) in [4.78, 5) is 14.8. The Labute approximate surface area is 106 Å². The van der Waals surface area contributed by atoms with Crippen molar-refractivity contribution in [2.45, 2.75) is 25.2 Å². The fourth-order valence-electron chi connectivity index (χ4n) is 1.93. The molecular formula is C11H9ClN2O2S. The molecule has 2 aromatic rings. The van der Waals surface area contributed by atoms with Gasteiger partial charge in [-0.2, -0.15) is 0 Å². The second-order valence-electron chi connectivity index (χ2n) is 4.21. The molecule has 1 aliphatic rings. The van der Waals surface area contributed by atoms with E-state index in [-0.39, 0.29) is 5.69 Å². The van der Waals surface area contributed by atoms with Gasteiger partial charge < -0.3 is 0 Å². The van der Waals surface area contributed by atoms with Crippen LogP contribution in [0.1, 0.15) is 30.2 Å². The Morgan fingerprint density at radius 3 is 2.82 bits per heavy atom. The highest BCUT2D eigenvalue weighted by Gasteiger charge is 2.24. The molecule has 0 bridgehead atoms. The summed E-state index contributed by atoms with van der Waals surface area (Å²) >= 11 is 7.55. The monoisotopic (exact) mass is 268 g/mol. The average Bonchev–Trinajstić information content (AvgIpc) is 2.58. The number of hydrogen-bond acceptors (Lipinski definition) is 4. The number of nitro groups is 1. The van der Waals surface area contributed by atoms with Crippen LogP contribution in [0, 0.1) is 10.1 Å². The molecule has 0 N–H and O–H groups in total. The maximum absolute atomic E-state index is 10.7. The first-order chi connectivity index (χ1) is 8.15. The van der Waals surface area contributed by atoms with E-state index in [1.165, 1.54) is 36.7 Å². The Hall–Kier alpha value is -1.20. The predicted molar refractivity (Wildman–Crippen MR) is 67.9 cm³/mol. The van der Waals surface area contributed by atoms with Gasteiger partial charge in [0.25, 0.3) is 5.69 Å². The van der Waals surface area contributed by atoms with Crippen LogP contribution in [0.5, 0.6) is 0 Å². The maximum atomic E-state index is 10.7. The molecule has 0 atom stereocenters. The minimum Gasteiger partial charge on any atom is -0.258 e. The summed E-state index contributed by atoms with van der Waals surface area (Å²) in [7, 11) is 0. The van der Waals surface area contributed by atoms with Gasteiger partial charge in [0.2, 0.25) is 0 Å². The summed E-state index contributed by atoms with van der Waals surface area (Å²) in [6.45, 7) is 0. The molecule has 3 rings (SSSR count). The lowest BCUT2D eigenvalue weighted by atomic mass is 9.86. The molecule has 17 heavy (non-hydrogen) atoms. The van der Waals surface area contributed by atoms with Crippen LogP contribution in [0.15, 0.2) is 12.1 Å². The fraction of sp³-hybridized carbons (Fsp3) is 0.364. The van der Waals surface area contributed by atoms with Crippen molar-refractivity contribution < 1.29 is 4.92 Å². The van der Waals surface area contributed by atoms with E-state index < -0.39 is 4.92 Å². The van der Waals surface area contributed by atoms with E-state index in [1.54, 1.807) is 6.07 Å². The number of rotatable bonds is 2.